The number of rotatable bonds is 74. The van der Waals surface area contributed by atoms with Gasteiger partial charge in [-0.2, -0.15) is 15.0 Å². The zero-order valence-electron chi connectivity index (χ0n) is 73.8. The van der Waals surface area contributed by atoms with Crippen molar-refractivity contribution in [1.29, 1.82) is 0 Å². The first-order valence-corrected chi connectivity index (χ1v) is 47.6. The molecule has 1 amide bonds. The lowest BCUT2D eigenvalue weighted by molar-refractivity contribution is 0.0953. The van der Waals surface area contributed by atoms with E-state index in [1.54, 1.807) is 0 Å². The summed E-state index contributed by atoms with van der Waals surface area (Å²) in [6, 6.07) is 37.4. The second-order valence-electron chi connectivity index (χ2n) is 32.9. The quantitative estimate of drug-likeness (QED) is 0.0249. The molecule has 1 aromatic heterocycles. The fraction of sp³-hybridized carbons (Fsp3) is 0.631. The molecule has 0 unspecified atom stereocenters. The molecule has 6 rings (SSSR count). The summed E-state index contributed by atoms with van der Waals surface area (Å²) in [6.07, 6.45) is 74.6. The van der Waals surface area contributed by atoms with E-state index in [0.717, 1.165) is 120 Å². The maximum absolute atomic E-state index is 13.2. The molecule has 1 heterocycles. The number of hydrogen-bond acceptors (Lipinski definition) is 11. The predicted molar refractivity (Wildman–Crippen MR) is 496 cm³/mol. The molecule has 5 aromatic carbocycles. The van der Waals surface area contributed by atoms with Gasteiger partial charge in [-0.05, 0) is 127 Å². The van der Waals surface area contributed by atoms with Crippen LogP contribution in [0.1, 0.15) is 414 Å². The molecule has 0 atom stereocenters. The molecule has 0 saturated carbocycles. The fourth-order valence-corrected chi connectivity index (χ4v) is 15.0. The second kappa shape index (κ2) is 65.7. The summed E-state index contributed by atoms with van der Waals surface area (Å²) in [5.41, 5.74) is 7.78. The second-order valence-corrected chi connectivity index (χ2v) is 32.9. The third-order valence-electron chi connectivity index (χ3n) is 22.3. The van der Waals surface area contributed by atoms with Crippen molar-refractivity contribution in [2.45, 2.75) is 382 Å². The number of hydrogen-bond donors (Lipinski definition) is 3. The van der Waals surface area contributed by atoms with Gasteiger partial charge in [-0.1, -0.05) is 410 Å². The van der Waals surface area contributed by atoms with Gasteiger partial charge in [-0.3, -0.25) is 4.79 Å². The lowest BCUT2D eigenvalue weighted by Crippen LogP contribution is -2.28. The lowest BCUT2D eigenvalue weighted by Gasteiger charge is -2.24. The number of ether oxygens (including phenoxy) is 4. The van der Waals surface area contributed by atoms with Crippen LogP contribution in [-0.4, -0.2) is 60.3 Å². The Hall–Kier alpha value is -7.34. The molecule has 0 saturated heterocycles. The van der Waals surface area contributed by atoms with Crippen molar-refractivity contribution >= 4 is 59.4 Å². The molecule has 12 nitrogen and oxygen atoms in total. The molecule has 0 fully saturated rings. The fourth-order valence-electron chi connectivity index (χ4n) is 15.0. The standard InChI is InChI=1S/C103H161N7O5/c1-7-13-19-25-31-35-39-43-47-53-79-104-100(111)93-71-75-95(76-72-93)106-102-107-101(108-103(109-102)110(80-54-48-29-23-17-11-5)81-55-49-30-24-18-12-6)105-94-73-67-90(68-74-94)65-63-88-59-61-89(62-60-88)64-66-91-69-77-96(78-70-91)115-87-92-85-97(112-82-56-50-44-40-36-32-26-20-14-8-2)99(114-84-58-52-46-42-38-34-28-22-16-10-4)98(86-92)113-83-57-51-45-41-37-33-27-21-15-9-3/h59-78,85-86H,7-58,79-84,87H2,1-6H3,(H,104,111)(H2,105,106,107,108,109)/b65-63+,66-64+. The normalized spacial score (nSPS) is 11.5. The number of unbranched alkanes of at least 4 members (excludes halogenated alkanes) is 46. The van der Waals surface area contributed by atoms with E-state index in [4.69, 9.17) is 33.9 Å². The zero-order valence-corrected chi connectivity index (χ0v) is 73.8. The largest absolute Gasteiger partial charge is 0.490 e. The van der Waals surface area contributed by atoms with Crippen LogP contribution in [0, 0.1) is 0 Å². The van der Waals surface area contributed by atoms with Crippen LogP contribution in [0.15, 0.2) is 109 Å². The van der Waals surface area contributed by atoms with Crippen LogP contribution in [-0.2, 0) is 6.61 Å². The molecular weight excluding hydrogens is 1420 g/mol. The minimum atomic E-state index is -0.0421. The number of carbonyl (C=O) groups is 1. The maximum Gasteiger partial charge on any atom is 0.251 e. The lowest BCUT2D eigenvalue weighted by atomic mass is 10.1. The first-order valence-electron chi connectivity index (χ1n) is 47.6. The SMILES string of the molecule is CCCCCCCCCCCCNC(=O)c1ccc(Nc2nc(Nc3ccc(/C=C/c4ccc(/C=C/c5ccc(OCc6cc(OCCCCCCCCCCCC)c(OCCCCCCCCCCCC)c(OCCCCCCCCCCCC)c6)cc5)cc4)cc3)nc(N(CCCCCCCC)CCCCCCCC)n2)cc1. The average molecular weight is 1580 g/mol. The smallest absolute Gasteiger partial charge is 0.251 e. The highest BCUT2D eigenvalue weighted by Gasteiger charge is 2.19. The van der Waals surface area contributed by atoms with Crippen LogP contribution in [0.5, 0.6) is 23.0 Å². The Labute approximate surface area is 702 Å². The van der Waals surface area contributed by atoms with E-state index >= 15 is 0 Å². The first kappa shape index (κ1) is 96.5. The first-order chi connectivity index (χ1) is 56.8. The Morgan fingerprint density at radius 1 is 0.322 bits per heavy atom. The van der Waals surface area contributed by atoms with Crippen LogP contribution in [0.2, 0.25) is 0 Å². The number of amides is 1. The Kier molecular flexibility index (Phi) is 55.1. The highest BCUT2D eigenvalue weighted by atomic mass is 16.5. The molecule has 0 aliphatic rings. The van der Waals surface area contributed by atoms with Crippen molar-refractivity contribution in [3.05, 3.63) is 143 Å². The van der Waals surface area contributed by atoms with Crippen LogP contribution < -0.4 is 39.8 Å². The number of benzene rings is 5. The van der Waals surface area contributed by atoms with Crippen LogP contribution in [0.3, 0.4) is 0 Å². The highest BCUT2D eigenvalue weighted by Crippen LogP contribution is 2.40. The molecule has 12 heteroatoms. The highest BCUT2D eigenvalue weighted by molar-refractivity contribution is 5.94. The van der Waals surface area contributed by atoms with Crippen LogP contribution in [0.25, 0.3) is 24.3 Å². The van der Waals surface area contributed by atoms with Gasteiger partial charge >= 0.3 is 0 Å². The predicted octanol–water partition coefficient (Wildman–Crippen LogP) is 31.4. The number of nitrogens with one attached hydrogen (secondary N) is 3. The monoisotopic (exact) mass is 1580 g/mol. The van der Waals surface area contributed by atoms with E-state index < -0.39 is 0 Å². The van der Waals surface area contributed by atoms with Crippen LogP contribution in [0.4, 0.5) is 29.2 Å². The van der Waals surface area contributed by atoms with Gasteiger partial charge in [0.2, 0.25) is 23.6 Å². The van der Waals surface area contributed by atoms with E-state index in [2.05, 4.69) is 172 Å². The zero-order chi connectivity index (χ0) is 81.2. The number of carbonyl (C=O) groups excluding carboxylic acids is 1. The molecule has 0 radical (unpaired) electrons. The van der Waals surface area contributed by atoms with E-state index in [0.29, 0.717) is 56.4 Å². The van der Waals surface area contributed by atoms with Gasteiger partial charge in [0, 0.05) is 36.6 Å². The molecule has 638 valence electrons. The number of aromatic nitrogens is 3. The summed E-state index contributed by atoms with van der Waals surface area (Å²) in [5, 5.41) is 10.2. The summed E-state index contributed by atoms with van der Waals surface area (Å²) < 4.78 is 26.7. The summed E-state index contributed by atoms with van der Waals surface area (Å²) in [4.78, 5) is 30.8. The van der Waals surface area contributed by atoms with Crippen molar-refractivity contribution in [2.75, 3.05) is 55.0 Å². The van der Waals surface area contributed by atoms with Gasteiger partial charge in [0.1, 0.15) is 12.4 Å². The van der Waals surface area contributed by atoms with E-state index in [-0.39, 0.29) is 5.91 Å². The Morgan fingerprint density at radius 2 is 0.617 bits per heavy atom. The van der Waals surface area contributed by atoms with Crippen molar-refractivity contribution in [2.24, 2.45) is 0 Å². The van der Waals surface area contributed by atoms with E-state index in [1.165, 1.54) is 289 Å². The number of anilines is 5. The van der Waals surface area contributed by atoms with E-state index in [1.807, 2.05) is 24.3 Å². The summed E-state index contributed by atoms with van der Waals surface area (Å²) in [7, 11) is 0. The van der Waals surface area contributed by atoms with Gasteiger partial charge in [0.05, 0.1) is 19.8 Å². The van der Waals surface area contributed by atoms with Crippen molar-refractivity contribution in [1.82, 2.24) is 20.3 Å². The van der Waals surface area contributed by atoms with E-state index in [9.17, 15) is 4.79 Å². The minimum absolute atomic E-state index is 0.0421. The van der Waals surface area contributed by atoms with Gasteiger partial charge in [0.25, 0.3) is 5.91 Å². The summed E-state index contributed by atoms with van der Waals surface area (Å²) >= 11 is 0. The Balaban J connectivity index is 1.07. The Bertz CT molecular complexity index is 3330. The van der Waals surface area contributed by atoms with Crippen molar-refractivity contribution in [3.8, 4) is 23.0 Å². The van der Waals surface area contributed by atoms with Crippen molar-refractivity contribution in [3.63, 3.8) is 0 Å². The average Bonchev–Trinajstić information content (AvgIpc) is 0.827. The minimum Gasteiger partial charge on any atom is -0.490 e. The third-order valence-corrected chi connectivity index (χ3v) is 22.3. The third kappa shape index (κ3) is 45.8. The van der Waals surface area contributed by atoms with Gasteiger partial charge in [-0.15, -0.1) is 0 Å². The molecule has 0 bridgehead atoms. The summed E-state index contributed by atoms with van der Waals surface area (Å²) in [5.74, 6) is 4.69. The molecule has 115 heavy (non-hydrogen) atoms. The van der Waals surface area contributed by atoms with Crippen LogP contribution >= 0.6 is 0 Å². The van der Waals surface area contributed by atoms with Gasteiger partial charge < -0.3 is 39.8 Å². The van der Waals surface area contributed by atoms with Crippen molar-refractivity contribution < 1.29 is 23.7 Å². The maximum atomic E-state index is 13.2. The molecule has 0 aliphatic carbocycles. The topological polar surface area (TPSA) is 132 Å². The number of nitrogens with zero attached hydrogens (tertiary/aromatic N) is 4. The molecule has 6 aromatic rings. The summed E-state index contributed by atoms with van der Waals surface area (Å²) in [6.45, 7) is 18.5. The van der Waals surface area contributed by atoms with Gasteiger partial charge in [0.15, 0.2) is 11.5 Å². The molecular formula is C103H161N7O5. The molecule has 0 aliphatic heterocycles. The molecule has 0 spiro atoms. The van der Waals surface area contributed by atoms with Gasteiger partial charge in [-0.25, -0.2) is 0 Å². The molecule has 3 N–H and O–H groups in total. The Morgan fingerprint density at radius 3 is 0.974 bits per heavy atom.